The van der Waals surface area contributed by atoms with Crippen LogP contribution in [0.5, 0.6) is 0 Å². The van der Waals surface area contributed by atoms with Crippen LogP contribution in [0.4, 0.5) is 0 Å². The van der Waals surface area contributed by atoms with Gasteiger partial charge in [-0.3, -0.25) is 0 Å². The molecule has 0 saturated heterocycles. The Bertz CT molecular complexity index is 273. The van der Waals surface area contributed by atoms with E-state index in [1.165, 1.54) is 13.2 Å². The summed E-state index contributed by atoms with van der Waals surface area (Å²) in [6.07, 6.45) is -2.06. The Morgan fingerprint density at radius 2 is 2.13 bits per heavy atom. The molecule has 2 N–H and O–H groups in total. The molecule has 0 unspecified atom stereocenters. The van der Waals surface area contributed by atoms with Crippen LogP contribution in [0.2, 0.25) is 0 Å². The zero-order valence-electron chi connectivity index (χ0n) is 9.01. The van der Waals surface area contributed by atoms with Crippen molar-refractivity contribution in [2.75, 3.05) is 7.11 Å². The molecule has 0 saturated carbocycles. The number of aliphatic hydroxyl groups is 2. The maximum Gasteiger partial charge on any atom is 0.334 e. The summed E-state index contributed by atoms with van der Waals surface area (Å²) in [4.78, 5) is 11.0. The summed E-state index contributed by atoms with van der Waals surface area (Å²) in [6, 6.07) is 0. The van der Waals surface area contributed by atoms with E-state index in [2.05, 4.69) is 0 Å². The third kappa shape index (κ3) is 2.56. The number of esters is 1. The van der Waals surface area contributed by atoms with Crippen molar-refractivity contribution in [3.05, 3.63) is 11.6 Å². The van der Waals surface area contributed by atoms with Crippen LogP contribution in [0.3, 0.4) is 0 Å². The first-order chi connectivity index (χ1) is 6.97. The fourth-order valence-electron chi connectivity index (χ4n) is 1.34. The molecule has 15 heavy (non-hydrogen) atoms. The lowest BCUT2D eigenvalue weighted by atomic mass is 10.0. The molecule has 4 atom stereocenters. The van der Waals surface area contributed by atoms with Crippen molar-refractivity contribution in [1.82, 2.24) is 0 Å². The molecular weight excluding hydrogens is 200 g/mol. The minimum atomic E-state index is -1.17. The highest BCUT2D eigenvalue weighted by Gasteiger charge is 2.35. The van der Waals surface area contributed by atoms with E-state index in [4.69, 9.17) is 9.47 Å². The lowest BCUT2D eigenvalue weighted by molar-refractivity contribution is -0.151. The topological polar surface area (TPSA) is 76.0 Å². The van der Waals surface area contributed by atoms with Gasteiger partial charge in [0.25, 0.3) is 0 Å². The fraction of sp³-hybridized carbons (Fsp3) is 0.700. The molecule has 1 aliphatic heterocycles. The van der Waals surface area contributed by atoms with Gasteiger partial charge < -0.3 is 19.7 Å². The highest BCUT2D eigenvalue weighted by atomic mass is 16.6. The molecule has 0 fully saturated rings. The van der Waals surface area contributed by atoms with Gasteiger partial charge in [-0.05, 0) is 19.9 Å². The van der Waals surface area contributed by atoms with Gasteiger partial charge in [-0.1, -0.05) is 0 Å². The Kier molecular flexibility index (Phi) is 3.84. The molecule has 1 rings (SSSR count). The zero-order valence-corrected chi connectivity index (χ0v) is 9.01. The zero-order chi connectivity index (χ0) is 11.6. The maximum absolute atomic E-state index is 11.0. The molecule has 0 aromatic rings. The lowest BCUT2D eigenvalue weighted by Crippen LogP contribution is -2.43. The summed E-state index contributed by atoms with van der Waals surface area (Å²) >= 11 is 0. The number of carbonyl (C=O) groups excluding carboxylic acids is 1. The Morgan fingerprint density at radius 1 is 1.53 bits per heavy atom. The van der Waals surface area contributed by atoms with Gasteiger partial charge in [-0.15, -0.1) is 0 Å². The van der Waals surface area contributed by atoms with Crippen LogP contribution in [-0.4, -0.2) is 47.7 Å². The summed E-state index contributed by atoms with van der Waals surface area (Å²) in [5.41, 5.74) is 0.441. The van der Waals surface area contributed by atoms with E-state index in [1.807, 2.05) is 0 Å². The van der Waals surface area contributed by atoms with Gasteiger partial charge in [0.2, 0.25) is 0 Å². The standard InChI is InChI=1S/C10H16O5/c1-5-4-7(15-10(5)13)9(12)8(11)6(2)14-3/h4,6-9,11-12H,1-3H3/t6-,7-,8-,9-/m1/s1. The number of hydrogen-bond acceptors (Lipinski definition) is 5. The normalized spacial score (nSPS) is 26.9. The Morgan fingerprint density at radius 3 is 2.53 bits per heavy atom. The SMILES string of the molecule is CO[C@H](C)[C@@H](O)[C@H](O)[C@H]1C=C(C)C(=O)O1. The van der Waals surface area contributed by atoms with Crippen LogP contribution >= 0.6 is 0 Å². The molecule has 0 aromatic heterocycles. The van der Waals surface area contributed by atoms with Gasteiger partial charge in [-0.2, -0.15) is 0 Å². The average Bonchev–Trinajstić information content (AvgIpc) is 2.56. The third-order valence-corrected chi connectivity index (χ3v) is 2.52. The summed E-state index contributed by atoms with van der Waals surface area (Å²) in [7, 11) is 1.43. The average molecular weight is 216 g/mol. The predicted octanol–water partition coefficient (Wildman–Crippen LogP) is -0.385. The van der Waals surface area contributed by atoms with Crippen molar-refractivity contribution in [2.24, 2.45) is 0 Å². The number of rotatable bonds is 4. The largest absolute Gasteiger partial charge is 0.452 e. The summed E-state index contributed by atoms with van der Waals surface area (Å²) in [5.74, 6) is -0.462. The van der Waals surface area contributed by atoms with Crippen LogP contribution in [-0.2, 0) is 14.3 Å². The molecule has 1 heterocycles. The van der Waals surface area contributed by atoms with Gasteiger partial charge in [0.15, 0.2) is 0 Å². The van der Waals surface area contributed by atoms with E-state index in [9.17, 15) is 15.0 Å². The highest BCUT2D eigenvalue weighted by Crippen LogP contribution is 2.19. The van der Waals surface area contributed by atoms with Gasteiger partial charge in [0.1, 0.15) is 18.3 Å². The van der Waals surface area contributed by atoms with Crippen LogP contribution < -0.4 is 0 Å². The molecular formula is C10H16O5. The smallest absolute Gasteiger partial charge is 0.334 e. The van der Waals surface area contributed by atoms with E-state index in [1.54, 1.807) is 13.8 Å². The van der Waals surface area contributed by atoms with Crippen molar-refractivity contribution >= 4 is 5.97 Å². The highest BCUT2D eigenvalue weighted by molar-refractivity contribution is 5.90. The number of ether oxygens (including phenoxy) is 2. The first kappa shape index (κ1) is 12.2. The second-order valence-corrected chi connectivity index (χ2v) is 3.64. The second kappa shape index (κ2) is 4.74. The molecule has 0 radical (unpaired) electrons. The number of carbonyl (C=O) groups is 1. The molecule has 0 amide bonds. The van der Waals surface area contributed by atoms with Crippen molar-refractivity contribution < 1.29 is 24.5 Å². The van der Waals surface area contributed by atoms with Crippen LogP contribution in [0.1, 0.15) is 13.8 Å². The van der Waals surface area contributed by atoms with Gasteiger partial charge in [0.05, 0.1) is 6.10 Å². The third-order valence-electron chi connectivity index (χ3n) is 2.52. The quantitative estimate of drug-likeness (QED) is 0.626. The summed E-state index contributed by atoms with van der Waals surface area (Å²) < 4.78 is 9.73. The Labute approximate surface area is 88.3 Å². The molecule has 0 spiro atoms. The monoisotopic (exact) mass is 216 g/mol. The first-order valence-corrected chi connectivity index (χ1v) is 4.75. The van der Waals surface area contributed by atoms with Crippen LogP contribution in [0.25, 0.3) is 0 Å². The van der Waals surface area contributed by atoms with Crippen LogP contribution in [0, 0.1) is 0 Å². The molecule has 86 valence electrons. The van der Waals surface area contributed by atoms with E-state index >= 15 is 0 Å². The van der Waals surface area contributed by atoms with Crippen molar-refractivity contribution in [3.8, 4) is 0 Å². The number of aliphatic hydroxyl groups excluding tert-OH is 2. The van der Waals surface area contributed by atoms with E-state index in [0.29, 0.717) is 5.57 Å². The van der Waals surface area contributed by atoms with Gasteiger partial charge >= 0.3 is 5.97 Å². The molecule has 0 bridgehead atoms. The van der Waals surface area contributed by atoms with Crippen LogP contribution in [0.15, 0.2) is 11.6 Å². The molecule has 5 nitrogen and oxygen atoms in total. The summed E-state index contributed by atoms with van der Waals surface area (Å²) in [5, 5.41) is 19.3. The number of methoxy groups -OCH3 is 1. The Hall–Kier alpha value is -0.910. The minimum Gasteiger partial charge on any atom is -0.452 e. The first-order valence-electron chi connectivity index (χ1n) is 4.75. The minimum absolute atomic E-state index is 0.441. The maximum atomic E-state index is 11.0. The fourth-order valence-corrected chi connectivity index (χ4v) is 1.34. The van der Waals surface area contributed by atoms with Gasteiger partial charge in [-0.25, -0.2) is 4.79 Å². The van der Waals surface area contributed by atoms with E-state index < -0.39 is 30.4 Å². The second-order valence-electron chi connectivity index (χ2n) is 3.64. The van der Waals surface area contributed by atoms with Gasteiger partial charge in [0, 0.05) is 12.7 Å². The number of hydrogen-bond donors (Lipinski definition) is 2. The molecule has 0 aromatic carbocycles. The Balaban J connectivity index is 2.62. The van der Waals surface area contributed by atoms with Crippen molar-refractivity contribution in [2.45, 2.75) is 38.3 Å². The summed E-state index contributed by atoms with van der Waals surface area (Å²) in [6.45, 7) is 3.22. The van der Waals surface area contributed by atoms with E-state index in [-0.39, 0.29) is 0 Å². The number of cyclic esters (lactones) is 1. The van der Waals surface area contributed by atoms with E-state index in [0.717, 1.165) is 0 Å². The molecule has 0 aliphatic carbocycles. The molecule has 1 aliphatic rings. The lowest BCUT2D eigenvalue weighted by Gasteiger charge is -2.25. The van der Waals surface area contributed by atoms with Crippen molar-refractivity contribution in [1.29, 1.82) is 0 Å². The molecule has 5 heteroatoms. The van der Waals surface area contributed by atoms with Crippen molar-refractivity contribution in [3.63, 3.8) is 0 Å². The predicted molar refractivity (Wildman–Crippen MR) is 52.1 cm³/mol.